The van der Waals surface area contributed by atoms with Gasteiger partial charge in [-0.05, 0) is 6.92 Å². The number of amides is 1. The molecule has 102 valence electrons. The molecule has 0 spiro atoms. The molecule has 6 heteroatoms. The lowest BCUT2D eigenvalue weighted by Crippen LogP contribution is -2.40. The summed E-state index contributed by atoms with van der Waals surface area (Å²) in [6, 6.07) is 0. The monoisotopic (exact) mass is 264 g/mol. The number of carbonyl (C=O) groups excluding carboxylic acids is 1. The molecular formula is C13H16N2O4. The van der Waals surface area contributed by atoms with Crippen LogP contribution in [-0.4, -0.2) is 38.2 Å². The fourth-order valence-corrected chi connectivity index (χ4v) is 2.46. The molecule has 1 fully saturated rings. The molecule has 1 saturated heterocycles. The van der Waals surface area contributed by atoms with Crippen LogP contribution in [0.4, 0.5) is 0 Å². The van der Waals surface area contributed by atoms with E-state index in [0.29, 0.717) is 36.3 Å². The van der Waals surface area contributed by atoms with Crippen molar-refractivity contribution in [2.75, 3.05) is 20.3 Å². The van der Waals surface area contributed by atoms with Gasteiger partial charge in [0.25, 0.3) is 0 Å². The van der Waals surface area contributed by atoms with Crippen molar-refractivity contribution in [1.29, 1.82) is 0 Å². The summed E-state index contributed by atoms with van der Waals surface area (Å²) < 4.78 is 16.5. The van der Waals surface area contributed by atoms with E-state index in [4.69, 9.17) is 14.2 Å². The quantitative estimate of drug-likeness (QED) is 0.815. The summed E-state index contributed by atoms with van der Waals surface area (Å²) in [4.78, 5) is 16.4. The number of ether oxygens (including phenoxy) is 3. The molecule has 0 saturated carbocycles. The highest BCUT2D eigenvalue weighted by atomic mass is 16.6. The number of amidine groups is 1. The van der Waals surface area contributed by atoms with Crippen molar-refractivity contribution in [1.82, 2.24) is 5.32 Å². The van der Waals surface area contributed by atoms with E-state index in [0.717, 1.165) is 6.42 Å². The molecule has 2 atom stereocenters. The third-order valence-corrected chi connectivity index (χ3v) is 3.34. The van der Waals surface area contributed by atoms with Gasteiger partial charge in [-0.3, -0.25) is 4.79 Å². The molecule has 2 unspecified atom stereocenters. The van der Waals surface area contributed by atoms with E-state index in [1.165, 1.54) is 0 Å². The van der Waals surface area contributed by atoms with Gasteiger partial charge in [0.05, 0.1) is 26.0 Å². The van der Waals surface area contributed by atoms with Gasteiger partial charge < -0.3 is 19.5 Å². The minimum absolute atomic E-state index is 0.0206. The second kappa shape index (κ2) is 4.70. The molecule has 2 heterocycles. The first kappa shape index (κ1) is 12.2. The number of carbonyl (C=O) groups is 1. The Bertz CT molecular complexity index is 501. The van der Waals surface area contributed by atoms with Crippen molar-refractivity contribution >= 4 is 11.7 Å². The number of hydrogen-bond acceptors (Lipinski definition) is 5. The van der Waals surface area contributed by atoms with Crippen molar-refractivity contribution in [3.8, 4) is 0 Å². The first-order valence-corrected chi connectivity index (χ1v) is 6.29. The maximum absolute atomic E-state index is 12.1. The third-order valence-electron chi connectivity index (χ3n) is 3.34. The van der Waals surface area contributed by atoms with Crippen LogP contribution in [-0.2, 0) is 19.0 Å². The predicted molar refractivity (Wildman–Crippen MR) is 67.2 cm³/mol. The number of nitrogens with zero attached hydrogens (tertiary/aromatic N) is 1. The van der Waals surface area contributed by atoms with Crippen LogP contribution >= 0.6 is 0 Å². The lowest BCUT2D eigenvalue weighted by molar-refractivity contribution is -0.123. The first-order chi connectivity index (χ1) is 9.19. The third kappa shape index (κ3) is 2.12. The predicted octanol–water partition coefficient (Wildman–Crippen LogP) is 0.712. The molecule has 0 aromatic heterocycles. The fourth-order valence-electron chi connectivity index (χ4n) is 2.46. The van der Waals surface area contributed by atoms with Crippen LogP contribution < -0.4 is 5.32 Å². The number of allylic oxidation sites excluding steroid dienone is 1. The van der Waals surface area contributed by atoms with E-state index >= 15 is 0 Å². The van der Waals surface area contributed by atoms with Crippen LogP contribution in [0.3, 0.4) is 0 Å². The Labute approximate surface area is 111 Å². The maximum Gasteiger partial charge on any atom is 0.242 e. The highest BCUT2D eigenvalue weighted by Crippen LogP contribution is 2.37. The SMILES string of the molecule is COC1=C(OC2CCOC2)C2C(=O)NC(C)=NC2=C1. The van der Waals surface area contributed by atoms with E-state index < -0.39 is 5.92 Å². The highest BCUT2D eigenvalue weighted by molar-refractivity contribution is 6.03. The van der Waals surface area contributed by atoms with Gasteiger partial charge in [-0.15, -0.1) is 0 Å². The Kier molecular flexibility index (Phi) is 3.02. The van der Waals surface area contributed by atoms with Gasteiger partial charge in [0.1, 0.15) is 17.9 Å². The van der Waals surface area contributed by atoms with E-state index in [9.17, 15) is 4.79 Å². The number of methoxy groups -OCH3 is 1. The van der Waals surface area contributed by atoms with E-state index in [1.807, 2.05) is 0 Å². The lowest BCUT2D eigenvalue weighted by Gasteiger charge is -2.23. The summed E-state index contributed by atoms with van der Waals surface area (Å²) >= 11 is 0. The smallest absolute Gasteiger partial charge is 0.242 e. The van der Waals surface area contributed by atoms with Crippen molar-refractivity contribution in [3.63, 3.8) is 0 Å². The van der Waals surface area contributed by atoms with Crippen LogP contribution in [0.15, 0.2) is 28.3 Å². The second-order valence-corrected chi connectivity index (χ2v) is 4.72. The van der Waals surface area contributed by atoms with Crippen molar-refractivity contribution < 1.29 is 19.0 Å². The first-order valence-electron chi connectivity index (χ1n) is 6.29. The number of hydrogen-bond donors (Lipinski definition) is 1. The fraction of sp³-hybridized carbons (Fsp3) is 0.538. The van der Waals surface area contributed by atoms with Gasteiger partial charge in [-0.1, -0.05) is 0 Å². The van der Waals surface area contributed by atoms with Crippen LogP contribution in [0.5, 0.6) is 0 Å². The maximum atomic E-state index is 12.1. The Morgan fingerprint density at radius 2 is 2.37 bits per heavy atom. The zero-order valence-electron chi connectivity index (χ0n) is 10.9. The molecule has 0 aromatic rings. The molecule has 0 radical (unpaired) electrons. The zero-order chi connectivity index (χ0) is 13.4. The molecule has 6 nitrogen and oxygen atoms in total. The van der Waals surface area contributed by atoms with Crippen LogP contribution in [0, 0.1) is 5.92 Å². The largest absolute Gasteiger partial charge is 0.493 e. The van der Waals surface area contributed by atoms with Crippen LogP contribution in [0.1, 0.15) is 13.3 Å². The number of fused-ring (bicyclic) bond motifs is 1. The van der Waals surface area contributed by atoms with Gasteiger partial charge in [0.2, 0.25) is 5.91 Å². The van der Waals surface area contributed by atoms with Gasteiger partial charge in [-0.2, -0.15) is 0 Å². The van der Waals surface area contributed by atoms with E-state index in [2.05, 4.69) is 10.3 Å². The van der Waals surface area contributed by atoms with Gasteiger partial charge in [0.15, 0.2) is 11.5 Å². The minimum atomic E-state index is -0.501. The molecule has 1 N–H and O–H groups in total. The van der Waals surface area contributed by atoms with Crippen molar-refractivity contribution in [2.24, 2.45) is 10.9 Å². The summed E-state index contributed by atoms with van der Waals surface area (Å²) in [5.74, 6) is 1.08. The Balaban J connectivity index is 1.87. The molecule has 1 aliphatic carbocycles. The van der Waals surface area contributed by atoms with E-state index in [1.54, 1.807) is 20.1 Å². The van der Waals surface area contributed by atoms with Crippen LogP contribution in [0.25, 0.3) is 0 Å². The molecule has 1 amide bonds. The summed E-state index contributed by atoms with van der Waals surface area (Å²) in [5, 5.41) is 2.72. The molecular weight excluding hydrogens is 248 g/mol. The van der Waals surface area contributed by atoms with Crippen LogP contribution in [0.2, 0.25) is 0 Å². The molecule has 19 heavy (non-hydrogen) atoms. The molecule has 3 rings (SSSR count). The van der Waals surface area contributed by atoms with Gasteiger partial charge >= 0.3 is 0 Å². The Hall–Kier alpha value is -1.82. The standard InChI is InChI=1S/C13H16N2O4/c1-7-14-9-5-10(17-2)12(11(9)13(16)15-7)19-8-3-4-18-6-8/h5,8,11H,3-4,6H2,1-2H3,(H,14,15,16). The summed E-state index contributed by atoms with van der Waals surface area (Å²) in [6.45, 7) is 2.99. The average Bonchev–Trinajstić information content (AvgIpc) is 2.97. The minimum Gasteiger partial charge on any atom is -0.493 e. The summed E-state index contributed by atoms with van der Waals surface area (Å²) in [6.07, 6.45) is 2.57. The molecule has 0 bridgehead atoms. The number of rotatable bonds is 3. The number of nitrogens with one attached hydrogen (secondary N) is 1. The van der Waals surface area contributed by atoms with Gasteiger partial charge in [-0.25, -0.2) is 4.99 Å². The normalized spacial score (nSPS) is 29.7. The molecule has 2 aliphatic heterocycles. The summed E-state index contributed by atoms with van der Waals surface area (Å²) in [5.41, 5.74) is 0.673. The van der Waals surface area contributed by atoms with Crippen molar-refractivity contribution in [2.45, 2.75) is 19.4 Å². The Morgan fingerprint density at radius 3 is 3.05 bits per heavy atom. The second-order valence-electron chi connectivity index (χ2n) is 4.72. The lowest BCUT2D eigenvalue weighted by atomic mass is 10.0. The van der Waals surface area contributed by atoms with E-state index in [-0.39, 0.29) is 12.0 Å². The molecule has 3 aliphatic rings. The highest BCUT2D eigenvalue weighted by Gasteiger charge is 2.40. The molecule has 0 aromatic carbocycles. The zero-order valence-corrected chi connectivity index (χ0v) is 10.9. The topological polar surface area (TPSA) is 69.2 Å². The van der Waals surface area contributed by atoms with Gasteiger partial charge in [0, 0.05) is 12.5 Å². The Morgan fingerprint density at radius 1 is 1.53 bits per heavy atom. The summed E-state index contributed by atoms with van der Waals surface area (Å²) in [7, 11) is 1.56. The van der Waals surface area contributed by atoms with Crippen molar-refractivity contribution in [3.05, 3.63) is 23.3 Å². The average molecular weight is 264 g/mol. The number of aliphatic imine (C=N–C) groups is 1.